The van der Waals surface area contributed by atoms with Crippen LogP contribution in [-0.4, -0.2) is 53.4 Å². The van der Waals surface area contributed by atoms with Crippen LogP contribution < -0.4 is 4.90 Å². The van der Waals surface area contributed by atoms with Gasteiger partial charge in [0, 0.05) is 32.7 Å². The summed E-state index contributed by atoms with van der Waals surface area (Å²) in [6.45, 7) is 0.307. The number of carboxylic acids is 1. The van der Waals surface area contributed by atoms with Crippen molar-refractivity contribution in [1.82, 2.24) is 4.90 Å². The first-order valence-electron chi connectivity index (χ1n) is 11.3. The van der Waals surface area contributed by atoms with Gasteiger partial charge in [0.05, 0.1) is 11.6 Å². The van der Waals surface area contributed by atoms with Crippen molar-refractivity contribution < 1.29 is 24.6 Å². The van der Waals surface area contributed by atoms with E-state index in [2.05, 4.69) is 0 Å². The molecular formula is C27H30N2O5. The Labute approximate surface area is 199 Å². The lowest BCUT2D eigenvalue weighted by Gasteiger charge is -2.27. The average Bonchev–Trinajstić information content (AvgIpc) is 3.08. The standard InChI is InChI=1S/C27H30N2O5/c1-28(2)21-15-13-20(14-16-21)25-24(22(30)17-12-19-9-5-3-6-10-19)26(33)27(34)29(25)18-8-4-7-11-23(31)32/h3,5-6,9-10,12-17,25,33H,4,7-8,11,18H2,1-2H3,(H,31,32)/b17-12+/t25-/m0/s1. The molecule has 34 heavy (non-hydrogen) atoms. The number of hydrogen-bond donors (Lipinski definition) is 2. The number of unbranched alkanes of at least 4 members (excludes halogenated alkanes) is 2. The Kier molecular flexibility index (Phi) is 8.24. The lowest BCUT2D eigenvalue weighted by Crippen LogP contribution is -2.32. The molecule has 1 atom stereocenters. The Balaban J connectivity index is 1.88. The van der Waals surface area contributed by atoms with Crippen molar-refractivity contribution >= 4 is 29.4 Å². The number of hydrogen-bond acceptors (Lipinski definition) is 5. The Morgan fingerprint density at radius 1 is 1.00 bits per heavy atom. The Morgan fingerprint density at radius 3 is 2.29 bits per heavy atom. The summed E-state index contributed by atoms with van der Waals surface area (Å²) >= 11 is 0. The third-order valence-electron chi connectivity index (χ3n) is 5.81. The zero-order chi connectivity index (χ0) is 24.7. The van der Waals surface area contributed by atoms with E-state index in [1.54, 1.807) is 6.08 Å². The van der Waals surface area contributed by atoms with E-state index in [9.17, 15) is 19.5 Å². The number of carbonyl (C=O) groups is 3. The summed E-state index contributed by atoms with van der Waals surface area (Å²) in [6, 6.07) is 16.1. The lowest BCUT2D eigenvalue weighted by molar-refractivity contribution is -0.137. The van der Waals surface area contributed by atoms with Gasteiger partial charge in [0.1, 0.15) is 0 Å². The quantitative estimate of drug-likeness (QED) is 0.380. The highest BCUT2D eigenvalue weighted by Gasteiger charge is 2.42. The van der Waals surface area contributed by atoms with E-state index in [0.717, 1.165) is 16.8 Å². The van der Waals surface area contributed by atoms with E-state index >= 15 is 0 Å². The normalized spacial score (nSPS) is 15.9. The van der Waals surface area contributed by atoms with E-state index in [-0.39, 0.29) is 12.0 Å². The van der Waals surface area contributed by atoms with Crippen molar-refractivity contribution in [2.24, 2.45) is 0 Å². The van der Waals surface area contributed by atoms with Crippen LogP contribution in [0.4, 0.5) is 5.69 Å². The van der Waals surface area contributed by atoms with E-state index < -0.39 is 29.5 Å². The van der Waals surface area contributed by atoms with Crippen LogP contribution in [0.1, 0.15) is 42.9 Å². The number of rotatable bonds is 11. The summed E-state index contributed by atoms with van der Waals surface area (Å²) in [4.78, 5) is 40.3. The molecule has 1 aliphatic rings. The lowest BCUT2D eigenvalue weighted by atomic mass is 9.95. The molecule has 7 heteroatoms. The summed E-state index contributed by atoms with van der Waals surface area (Å²) in [5, 5.41) is 19.5. The third-order valence-corrected chi connectivity index (χ3v) is 5.81. The van der Waals surface area contributed by atoms with Crippen molar-refractivity contribution in [3.63, 3.8) is 0 Å². The molecule has 2 N–H and O–H groups in total. The smallest absolute Gasteiger partial charge is 0.303 e. The number of anilines is 1. The molecular weight excluding hydrogens is 432 g/mol. The van der Waals surface area contributed by atoms with E-state index in [1.165, 1.54) is 11.0 Å². The number of aliphatic carboxylic acids is 1. The van der Waals surface area contributed by atoms with Crippen LogP contribution in [0.3, 0.4) is 0 Å². The Hall–Kier alpha value is -3.87. The third kappa shape index (κ3) is 5.92. The van der Waals surface area contributed by atoms with Gasteiger partial charge in [-0.2, -0.15) is 0 Å². The number of ketones is 1. The minimum absolute atomic E-state index is 0.0559. The van der Waals surface area contributed by atoms with Crippen molar-refractivity contribution in [3.05, 3.63) is 83.1 Å². The topological polar surface area (TPSA) is 98.2 Å². The van der Waals surface area contributed by atoms with Crippen LogP contribution in [0, 0.1) is 0 Å². The van der Waals surface area contributed by atoms with Gasteiger partial charge < -0.3 is 20.0 Å². The van der Waals surface area contributed by atoms with Crippen LogP contribution in [0.15, 0.2) is 72.0 Å². The fourth-order valence-corrected chi connectivity index (χ4v) is 4.00. The molecule has 1 amide bonds. The number of nitrogens with zero attached hydrogens (tertiary/aromatic N) is 2. The number of benzene rings is 2. The largest absolute Gasteiger partial charge is 0.503 e. The molecule has 1 heterocycles. The second-order valence-corrected chi connectivity index (χ2v) is 8.46. The second-order valence-electron chi connectivity index (χ2n) is 8.46. The van der Waals surface area contributed by atoms with Crippen molar-refractivity contribution in [2.75, 3.05) is 25.5 Å². The minimum atomic E-state index is -0.853. The maximum absolute atomic E-state index is 13.2. The van der Waals surface area contributed by atoms with Gasteiger partial charge in [-0.05, 0) is 42.2 Å². The number of amides is 1. The predicted octanol–water partition coefficient (Wildman–Crippen LogP) is 4.38. The fraction of sp³-hybridized carbons (Fsp3) is 0.296. The summed E-state index contributed by atoms with van der Waals surface area (Å²) in [5.41, 5.74) is 2.59. The van der Waals surface area contributed by atoms with Gasteiger partial charge in [-0.1, -0.05) is 55.0 Å². The monoisotopic (exact) mass is 462 g/mol. The van der Waals surface area contributed by atoms with E-state index in [1.807, 2.05) is 73.6 Å². The zero-order valence-electron chi connectivity index (χ0n) is 19.5. The van der Waals surface area contributed by atoms with Gasteiger partial charge in [-0.15, -0.1) is 0 Å². The molecule has 2 aromatic rings. The maximum atomic E-state index is 13.2. The van der Waals surface area contributed by atoms with Gasteiger partial charge >= 0.3 is 5.97 Å². The molecule has 178 valence electrons. The first kappa shape index (κ1) is 24.8. The van der Waals surface area contributed by atoms with Crippen LogP contribution in [-0.2, 0) is 14.4 Å². The molecule has 1 aliphatic heterocycles. The molecule has 0 bridgehead atoms. The van der Waals surface area contributed by atoms with Crippen LogP contribution >= 0.6 is 0 Å². The molecule has 0 aromatic heterocycles. The van der Waals surface area contributed by atoms with Gasteiger partial charge in [0.25, 0.3) is 5.91 Å². The van der Waals surface area contributed by atoms with E-state index in [0.29, 0.717) is 25.8 Å². The number of aliphatic hydroxyl groups excluding tert-OH is 1. The molecule has 0 spiro atoms. The predicted molar refractivity (Wildman–Crippen MR) is 131 cm³/mol. The fourth-order valence-electron chi connectivity index (χ4n) is 4.00. The molecule has 0 radical (unpaired) electrons. The molecule has 0 saturated heterocycles. The average molecular weight is 463 g/mol. The number of carbonyl (C=O) groups excluding carboxylic acids is 2. The molecule has 0 aliphatic carbocycles. The van der Waals surface area contributed by atoms with Gasteiger partial charge in [-0.3, -0.25) is 14.4 Å². The SMILES string of the molecule is CN(C)c1ccc([C@H]2C(C(=O)/C=C/c3ccccc3)=C(O)C(=O)N2CCCCCC(=O)O)cc1. The van der Waals surface area contributed by atoms with Gasteiger partial charge in [-0.25, -0.2) is 0 Å². The van der Waals surface area contributed by atoms with Crippen molar-refractivity contribution in [1.29, 1.82) is 0 Å². The second kappa shape index (κ2) is 11.3. The Bertz CT molecular complexity index is 1090. The van der Waals surface area contributed by atoms with Crippen LogP contribution in [0.25, 0.3) is 6.08 Å². The first-order valence-corrected chi connectivity index (χ1v) is 11.3. The van der Waals surface area contributed by atoms with Crippen molar-refractivity contribution in [2.45, 2.75) is 31.7 Å². The highest BCUT2D eigenvalue weighted by Crippen LogP contribution is 2.38. The Morgan fingerprint density at radius 2 is 1.68 bits per heavy atom. The zero-order valence-corrected chi connectivity index (χ0v) is 19.5. The summed E-state index contributed by atoms with van der Waals surface area (Å²) < 4.78 is 0. The number of aliphatic hydroxyl groups is 1. The minimum Gasteiger partial charge on any atom is -0.503 e. The number of allylic oxidation sites excluding steroid dienone is 1. The molecule has 0 unspecified atom stereocenters. The van der Waals surface area contributed by atoms with Crippen LogP contribution in [0.5, 0.6) is 0 Å². The molecule has 3 rings (SSSR count). The number of carboxylic acid groups (broad SMARTS) is 1. The molecule has 0 saturated carbocycles. The van der Waals surface area contributed by atoms with Crippen LogP contribution in [0.2, 0.25) is 0 Å². The summed E-state index contributed by atoms with van der Waals surface area (Å²) in [6.07, 6.45) is 4.81. The van der Waals surface area contributed by atoms with Gasteiger partial charge in [0.2, 0.25) is 0 Å². The molecule has 0 fully saturated rings. The summed E-state index contributed by atoms with van der Waals surface area (Å²) in [7, 11) is 3.85. The molecule has 2 aromatic carbocycles. The highest BCUT2D eigenvalue weighted by atomic mass is 16.4. The first-order chi connectivity index (χ1) is 16.3. The van der Waals surface area contributed by atoms with Crippen molar-refractivity contribution in [3.8, 4) is 0 Å². The van der Waals surface area contributed by atoms with Gasteiger partial charge in [0.15, 0.2) is 11.5 Å². The maximum Gasteiger partial charge on any atom is 0.303 e. The highest BCUT2D eigenvalue weighted by molar-refractivity contribution is 6.14. The van der Waals surface area contributed by atoms with E-state index in [4.69, 9.17) is 5.11 Å². The summed E-state index contributed by atoms with van der Waals surface area (Å²) in [5.74, 6) is -2.40. The molecule has 7 nitrogen and oxygen atoms in total.